The second-order valence-electron chi connectivity index (χ2n) is 5.28. The van der Waals surface area contributed by atoms with Gasteiger partial charge in [-0.1, -0.05) is 30.3 Å². The Morgan fingerprint density at radius 2 is 1.81 bits per heavy atom. The highest BCUT2D eigenvalue weighted by molar-refractivity contribution is 7.00. The molecule has 4 rings (SSSR count). The molecule has 0 saturated heterocycles. The lowest BCUT2D eigenvalue weighted by molar-refractivity contribution is 0.0940. The van der Waals surface area contributed by atoms with Crippen LogP contribution in [0.15, 0.2) is 42.5 Å². The van der Waals surface area contributed by atoms with E-state index in [0.717, 1.165) is 30.1 Å². The largest absolute Gasteiger partial charge is 0.349 e. The minimum absolute atomic E-state index is 0.0638. The van der Waals surface area contributed by atoms with Gasteiger partial charge in [0.05, 0.1) is 17.3 Å². The molecule has 1 N–H and O–H groups in total. The van der Waals surface area contributed by atoms with Gasteiger partial charge in [0.1, 0.15) is 11.0 Å². The minimum atomic E-state index is -0.0638. The fourth-order valence-corrected chi connectivity index (χ4v) is 3.46. The zero-order chi connectivity index (χ0) is 14.2. The van der Waals surface area contributed by atoms with Crippen LogP contribution in [0.1, 0.15) is 21.5 Å². The van der Waals surface area contributed by atoms with Gasteiger partial charge < -0.3 is 5.32 Å². The molecule has 104 valence electrons. The number of hydrogen-bond donors (Lipinski definition) is 1. The maximum Gasteiger partial charge on any atom is 0.253 e. The summed E-state index contributed by atoms with van der Waals surface area (Å²) in [6.45, 7) is 0. The SMILES string of the molecule is O=C(NC1Cc2ccccc2C1)c1cccc2nsnc12. The van der Waals surface area contributed by atoms with Crippen molar-refractivity contribution in [2.45, 2.75) is 18.9 Å². The lowest BCUT2D eigenvalue weighted by atomic mass is 10.1. The molecule has 1 aliphatic carbocycles. The van der Waals surface area contributed by atoms with E-state index in [-0.39, 0.29) is 11.9 Å². The average Bonchev–Trinajstić information content (AvgIpc) is 3.12. The fourth-order valence-electron chi connectivity index (χ4n) is 2.91. The number of carbonyl (C=O) groups excluding carboxylic acids is 1. The molecular formula is C16H13N3OS. The number of nitrogens with zero attached hydrogens (tertiary/aromatic N) is 2. The molecular weight excluding hydrogens is 282 g/mol. The van der Waals surface area contributed by atoms with Crippen molar-refractivity contribution in [1.82, 2.24) is 14.1 Å². The number of amides is 1. The Kier molecular flexibility index (Phi) is 2.93. The van der Waals surface area contributed by atoms with E-state index in [2.05, 4.69) is 26.2 Å². The topological polar surface area (TPSA) is 54.9 Å². The first-order valence-corrected chi connectivity index (χ1v) is 7.63. The normalized spacial score (nSPS) is 14.3. The molecule has 1 amide bonds. The third-order valence-electron chi connectivity index (χ3n) is 3.92. The predicted molar refractivity (Wildman–Crippen MR) is 82.5 cm³/mol. The molecule has 0 fully saturated rings. The van der Waals surface area contributed by atoms with Gasteiger partial charge in [-0.15, -0.1) is 0 Å². The van der Waals surface area contributed by atoms with Gasteiger partial charge in [0.15, 0.2) is 0 Å². The molecule has 0 atom stereocenters. The van der Waals surface area contributed by atoms with Crippen molar-refractivity contribution in [2.24, 2.45) is 0 Å². The molecule has 3 aromatic rings. The lowest BCUT2D eigenvalue weighted by Gasteiger charge is -2.12. The number of aromatic nitrogens is 2. The van der Waals surface area contributed by atoms with E-state index in [9.17, 15) is 4.79 Å². The summed E-state index contributed by atoms with van der Waals surface area (Å²) in [5, 5.41) is 3.12. The highest BCUT2D eigenvalue weighted by atomic mass is 32.1. The Morgan fingerprint density at radius 1 is 1.05 bits per heavy atom. The summed E-state index contributed by atoms with van der Waals surface area (Å²) in [5.41, 5.74) is 4.74. The number of nitrogens with one attached hydrogen (secondary N) is 1. The highest BCUT2D eigenvalue weighted by Gasteiger charge is 2.23. The van der Waals surface area contributed by atoms with E-state index in [0.29, 0.717) is 11.1 Å². The van der Waals surface area contributed by atoms with Crippen molar-refractivity contribution in [3.8, 4) is 0 Å². The first kappa shape index (κ1) is 12.5. The Balaban J connectivity index is 1.56. The van der Waals surface area contributed by atoms with Crippen LogP contribution in [0.2, 0.25) is 0 Å². The number of benzene rings is 2. The summed E-state index contributed by atoms with van der Waals surface area (Å²) in [5.74, 6) is -0.0638. The third-order valence-corrected chi connectivity index (χ3v) is 4.46. The molecule has 1 heterocycles. The Bertz CT molecular complexity index is 802. The summed E-state index contributed by atoms with van der Waals surface area (Å²) in [7, 11) is 0. The summed E-state index contributed by atoms with van der Waals surface area (Å²) >= 11 is 1.14. The maximum atomic E-state index is 12.5. The van der Waals surface area contributed by atoms with E-state index < -0.39 is 0 Å². The second kappa shape index (κ2) is 4.93. The molecule has 0 bridgehead atoms. The van der Waals surface area contributed by atoms with Gasteiger partial charge in [-0.05, 0) is 36.1 Å². The van der Waals surface area contributed by atoms with Gasteiger partial charge in [-0.3, -0.25) is 4.79 Å². The van der Waals surface area contributed by atoms with Crippen LogP contribution in [-0.2, 0) is 12.8 Å². The van der Waals surface area contributed by atoms with Crippen LogP contribution in [0.25, 0.3) is 11.0 Å². The maximum absolute atomic E-state index is 12.5. The molecule has 4 nitrogen and oxygen atoms in total. The highest BCUT2D eigenvalue weighted by Crippen LogP contribution is 2.22. The first-order valence-electron chi connectivity index (χ1n) is 6.90. The van der Waals surface area contributed by atoms with Crippen molar-refractivity contribution in [3.63, 3.8) is 0 Å². The number of hydrogen-bond acceptors (Lipinski definition) is 4. The number of carbonyl (C=O) groups is 1. The van der Waals surface area contributed by atoms with Crippen molar-refractivity contribution in [2.75, 3.05) is 0 Å². The van der Waals surface area contributed by atoms with Gasteiger partial charge in [0.25, 0.3) is 5.91 Å². The summed E-state index contributed by atoms with van der Waals surface area (Å²) in [4.78, 5) is 12.5. The van der Waals surface area contributed by atoms with Crippen molar-refractivity contribution >= 4 is 28.7 Å². The molecule has 5 heteroatoms. The van der Waals surface area contributed by atoms with Crippen LogP contribution in [-0.4, -0.2) is 20.7 Å². The van der Waals surface area contributed by atoms with E-state index in [4.69, 9.17) is 0 Å². The Morgan fingerprint density at radius 3 is 2.57 bits per heavy atom. The van der Waals surface area contributed by atoms with Crippen LogP contribution >= 0.6 is 11.7 Å². The molecule has 2 aromatic carbocycles. The number of rotatable bonds is 2. The van der Waals surface area contributed by atoms with Crippen molar-refractivity contribution < 1.29 is 4.79 Å². The zero-order valence-electron chi connectivity index (χ0n) is 11.2. The smallest absolute Gasteiger partial charge is 0.253 e. The van der Waals surface area contributed by atoms with Gasteiger partial charge in [0, 0.05) is 6.04 Å². The molecule has 0 aliphatic heterocycles. The van der Waals surface area contributed by atoms with Gasteiger partial charge >= 0.3 is 0 Å². The first-order chi connectivity index (χ1) is 10.3. The average molecular weight is 295 g/mol. The number of fused-ring (bicyclic) bond motifs is 2. The Hall–Kier alpha value is -2.27. The third kappa shape index (κ3) is 2.19. The summed E-state index contributed by atoms with van der Waals surface area (Å²) < 4.78 is 8.40. The molecule has 0 spiro atoms. The Labute approximate surface area is 126 Å². The van der Waals surface area contributed by atoms with Crippen molar-refractivity contribution in [3.05, 3.63) is 59.2 Å². The molecule has 1 aromatic heterocycles. The van der Waals surface area contributed by atoms with Crippen LogP contribution in [0.5, 0.6) is 0 Å². The lowest BCUT2D eigenvalue weighted by Crippen LogP contribution is -2.35. The van der Waals surface area contributed by atoms with Gasteiger partial charge in [-0.2, -0.15) is 8.75 Å². The minimum Gasteiger partial charge on any atom is -0.349 e. The molecule has 21 heavy (non-hydrogen) atoms. The van der Waals surface area contributed by atoms with Gasteiger partial charge in [0.2, 0.25) is 0 Å². The van der Waals surface area contributed by atoms with Crippen LogP contribution in [0, 0.1) is 0 Å². The summed E-state index contributed by atoms with van der Waals surface area (Å²) in [6, 6.07) is 14.1. The molecule has 0 unspecified atom stereocenters. The molecule has 0 radical (unpaired) electrons. The van der Waals surface area contributed by atoms with E-state index in [1.807, 2.05) is 24.3 Å². The predicted octanol–water partition coefficient (Wildman–Crippen LogP) is 2.59. The molecule has 1 aliphatic rings. The van der Waals surface area contributed by atoms with E-state index in [1.165, 1.54) is 11.1 Å². The fraction of sp³-hybridized carbons (Fsp3) is 0.188. The van der Waals surface area contributed by atoms with E-state index in [1.54, 1.807) is 6.07 Å². The van der Waals surface area contributed by atoms with Crippen LogP contribution < -0.4 is 5.32 Å². The second-order valence-corrected chi connectivity index (χ2v) is 5.81. The summed E-state index contributed by atoms with van der Waals surface area (Å²) in [6.07, 6.45) is 1.79. The van der Waals surface area contributed by atoms with E-state index >= 15 is 0 Å². The van der Waals surface area contributed by atoms with Crippen molar-refractivity contribution in [1.29, 1.82) is 0 Å². The van der Waals surface area contributed by atoms with Crippen LogP contribution in [0.4, 0.5) is 0 Å². The quantitative estimate of drug-likeness (QED) is 0.790. The monoisotopic (exact) mass is 295 g/mol. The van der Waals surface area contributed by atoms with Gasteiger partial charge in [-0.25, -0.2) is 0 Å². The standard InChI is InChI=1S/C16H13N3OS/c20-16(13-6-3-7-14-15(13)19-21-18-14)17-12-8-10-4-1-2-5-11(10)9-12/h1-7,12H,8-9H2,(H,17,20). The van der Waals surface area contributed by atoms with Crippen LogP contribution in [0.3, 0.4) is 0 Å². The zero-order valence-corrected chi connectivity index (χ0v) is 12.1. The molecule has 0 saturated carbocycles.